The van der Waals surface area contributed by atoms with Crippen LogP contribution in [-0.2, 0) is 36.0 Å². The summed E-state index contributed by atoms with van der Waals surface area (Å²) in [6.07, 6.45) is 1.72. The lowest BCUT2D eigenvalue weighted by molar-refractivity contribution is -0.136. The van der Waals surface area contributed by atoms with Gasteiger partial charge >= 0.3 is 5.51 Å². The molecule has 0 aromatic heterocycles. The number of fused-ring (bicyclic) bond motifs is 3. The van der Waals surface area contributed by atoms with E-state index in [9.17, 15) is 54.0 Å². The molecule has 3 fully saturated rings. The molecule has 66 heavy (non-hydrogen) atoms. The summed E-state index contributed by atoms with van der Waals surface area (Å²) in [5, 5.41) is 5.10. The van der Waals surface area contributed by atoms with Gasteiger partial charge in [-0.3, -0.25) is 44.0 Å². The molecule has 0 radical (unpaired) electrons. The number of benzene rings is 4. The van der Waals surface area contributed by atoms with E-state index in [0.717, 1.165) is 29.9 Å². The minimum absolute atomic E-state index is 0.0216. The third kappa shape index (κ3) is 9.46. The van der Waals surface area contributed by atoms with Gasteiger partial charge < -0.3 is 5.32 Å². The Balaban J connectivity index is 0.984. The average Bonchev–Trinajstić information content (AvgIpc) is 3.67. The van der Waals surface area contributed by atoms with E-state index in [4.69, 9.17) is 0 Å². The van der Waals surface area contributed by atoms with Crippen LogP contribution in [0.5, 0.6) is 0 Å². The highest BCUT2D eigenvalue weighted by Gasteiger charge is 2.49. The van der Waals surface area contributed by atoms with Gasteiger partial charge in [-0.2, -0.15) is 13.2 Å². The number of hydrogen-bond donors (Lipinski definition) is 3. The molecule has 4 aromatic rings. The van der Waals surface area contributed by atoms with Crippen LogP contribution in [0.2, 0.25) is 0 Å². The number of sulfone groups is 1. The molecule has 0 aliphatic carbocycles. The molecule has 4 atom stereocenters. The third-order valence-electron chi connectivity index (χ3n) is 12.1. The lowest BCUT2D eigenvalue weighted by Gasteiger charge is -2.41. The van der Waals surface area contributed by atoms with Crippen LogP contribution in [0.15, 0.2) is 106 Å². The summed E-state index contributed by atoms with van der Waals surface area (Å²) < 4.78 is 113. The first-order chi connectivity index (χ1) is 31.3. The van der Waals surface area contributed by atoms with E-state index in [2.05, 4.69) is 15.5 Å². The van der Waals surface area contributed by atoms with E-state index in [1.165, 1.54) is 48.2 Å². The lowest BCUT2D eigenvalue weighted by atomic mass is 10.0. The molecule has 4 aliphatic heterocycles. The normalized spacial score (nSPS) is 20.8. The van der Waals surface area contributed by atoms with Crippen LogP contribution in [-0.4, -0.2) is 116 Å². The average molecular weight is 971 g/mol. The fourth-order valence-corrected chi connectivity index (χ4v) is 11.9. The number of sulfonamides is 1. The van der Waals surface area contributed by atoms with Crippen LogP contribution in [0, 0.1) is 5.82 Å². The zero-order valence-corrected chi connectivity index (χ0v) is 37.2. The summed E-state index contributed by atoms with van der Waals surface area (Å²) in [4.78, 5) is 67.2. The molecule has 3 saturated heterocycles. The van der Waals surface area contributed by atoms with Crippen LogP contribution in [0.1, 0.15) is 68.7 Å². The van der Waals surface area contributed by atoms with E-state index in [-0.39, 0.29) is 53.9 Å². The van der Waals surface area contributed by atoms with Gasteiger partial charge in [0.2, 0.25) is 11.8 Å². The zero-order chi connectivity index (χ0) is 47.1. The van der Waals surface area contributed by atoms with Gasteiger partial charge in [0.1, 0.15) is 16.8 Å². The standard InChI is InChI=1S/C44H42F4N6O9S3/c45-39-27(11-15-33-38(39)43(59)54(42(33)58)35-17-18-37(55)50-41(35)57)22-52-23-29-12-13-30(24-52)53(29)20-19-28(25-64-31-9-5-2-6-10-31)49-34-16-14-32(21-36(34)65(60,61)44(46,47)48)66(62,63)51-40(56)26-7-3-1-4-8-26/h1-11,14-16,21,28-30,35,49H,12-13,17-20,22-25H2,(H,51,56)(H,50,55,57)/t28-,29?,30?,35?/m1/s1. The van der Waals surface area contributed by atoms with Crippen molar-refractivity contribution in [3.63, 3.8) is 0 Å². The Hall–Kier alpha value is -5.68. The predicted molar refractivity (Wildman–Crippen MR) is 232 cm³/mol. The van der Waals surface area contributed by atoms with Gasteiger partial charge in [0, 0.05) is 72.5 Å². The first-order valence-electron chi connectivity index (χ1n) is 20.9. The SMILES string of the molecule is O=C1CCC(N2C(=O)c3ccc(CN4CC5CCC(C4)N5CC[C@H](CSc4ccccc4)Nc4ccc(S(=O)(=O)NC(=O)c5ccccc5)cc4S(=O)(=O)C(F)(F)F)c(F)c3C2=O)C(=O)N1. The number of halogens is 4. The fraction of sp³-hybridized carbons (Fsp3) is 0.341. The molecule has 3 N–H and O–H groups in total. The van der Waals surface area contributed by atoms with Crippen molar-refractivity contribution in [1.82, 2.24) is 24.7 Å². The molecule has 4 aliphatic rings. The number of piperidine rings is 1. The summed E-state index contributed by atoms with van der Waals surface area (Å²) in [6.45, 7) is 1.51. The predicted octanol–water partition coefficient (Wildman–Crippen LogP) is 4.95. The molecule has 15 nitrogen and oxygen atoms in total. The van der Waals surface area contributed by atoms with Crippen molar-refractivity contribution in [2.75, 3.05) is 30.7 Å². The van der Waals surface area contributed by atoms with Gasteiger partial charge in [0.05, 0.1) is 21.7 Å². The molecular formula is C44H42F4N6O9S3. The summed E-state index contributed by atoms with van der Waals surface area (Å²) >= 11 is 1.38. The number of amides is 5. The Morgan fingerprint density at radius 2 is 1.52 bits per heavy atom. The number of alkyl halides is 3. The second kappa shape index (κ2) is 18.5. The van der Waals surface area contributed by atoms with E-state index in [1.807, 2.05) is 35.2 Å². The van der Waals surface area contributed by atoms with Crippen LogP contribution in [0.25, 0.3) is 0 Å². The van der Waals surface area contributed by atoms with Crippen molar-refractivity contribution in [2.45, 2.75) is 83.0 Å². The molecule has 0 saturated carbocycles. The molecular weight excluding hydrogens is 929 g/mol. The van der Waals surface area contributed by atoms with Crippen molar-refractivity contribution in [3.8, 4) is 0 Å². The summed E-state index contributed by atoms with van der Waals surface area (Å²) in [5.41, 5.74) is -6.75. The number of carbonyl (C=O) groups excluding carboxylic acids is 5. The van der Waals surface area contributed by atoms with Crippen molar-refractivity contribution in [1.29, 1.82) is 0 Å². The Labute approximate surface area is 381 Å². The largest absolute Gasteiger partial charge is 0.501 e. The van der Waals surface area contributed by atoms with Gasteiger partial charge in [-0.25, -0.2) is 25.9 Å². The number of likely N-dealkylation sites (tertiary alicyclic amines) is 1. The Morgan fingerprint density at radius 3 is 2.17 bits per heavy atom. The molecule has 4 aromatic carbocycles. The molecule has 22 heteroatoms. The fourth-order valence-electron chi connectivity index (χ4n) is 8.90. The Morgan fingerprint density at radius 1 is 0.848 bits per heavy atom. The number of anilines is 1. The van der Waals surface area contributed by atoms with Crippen molar-refractivity contribution < 1.29 is 58.4 Å². The maximum atomic E-state index is 16.1. The number of thioether (sulfide) groups is 1. The maximum Gasteiger partial charge on any atom is 0.501 e. The van der Waals surface area contributed by atoms with E-state index >= 15 is 4.39 Å². The summed E-state index contributed by atoms with van der Waals surface area (Å²) in [6, 6.07) is 19.4. The van der Waals surface area contributed by atoms with Crippen LogP contribution in [0.3, 0.4) is 0 Å². The monoisotopic (exact) mass is 970 g/mol. The maximum absolute atomic E-state index is 16.1. The van der Waals surface area contributed by atoms with Gasteiger partial charge in [0.25, 0.3) is 37.6 Å². The number of piperazine rings is 1. The topological polar surface area (TPSA) is 199 Å². The number of carbonyl (C=O) groups is 5. The molecule has 2 bridgehead atoms. The summed E-state index contributed by atoms with van der Waals surface area (Å²) in [5.74, 6) is -4.77. The van der Waals surface area contributed by atoms with E-state index in [1.54, 1.807) is 10.8 Å². The molecule has 348 valence electrons. The highest BCUT2D eigenvalue weighted by molar-refractivity contribution is 7.99. The Kier molecular flexibility index (Phi) is 13.2. The first kappa shape index (κ1) is 46.8. The zero-order valence-electron chi connectivity index (χ0n) is 34.8. The first-order valence-corrected chi connectivity index (χ1v) is 24.8. The number of imide groups is 2. The second-order valence-corrected chi connectivity index (χ2v) is 21.1. The molecule has 8 rings (SSSR count). The van der Waals surface area contributed by atoms with Crippen molar-refractivity contribution in [3.05, 3.63) is 119 Å². The minimum atomic E-state index is -6.14. The Bertz CT molecular complexity index is 2810. The van der Waals surface area contributed by atoms with Gasteiger partial charge in [-0.05, 0) is 74.2 Å². The molecule has 4 heterocycles. The van der Waals surface area contributed by atoms with Crippen molar-refractivity contribution >= 4 is 66.8 Å². The minimum Gasteiger partial charge on any atom is -0.380 e. The second-order valence-electron chi connectivity index (χ2n) is 16.4. The lowest BCUT2D eigenvalue weighted by Crippen LogP contribution is -2.54. The third-order valence-corrected chi connectivity index (χ3v) is 16.2. The van der Waals surface area contributed by atoms with E-state index < -0.39 is 93.8 Å². The molecule has 0 spiro atoms. The van der Waals surface area contributed by atoms with Crippen LogP contribution in [0.4, 0.5) is 23.2 Å². The summed E-state index contributed by atoms with van der Waals surface area (Å²) in [7, 11) is -11.0. The number of rotatable bonds is 15. The smallest absolute Gasteiger partial charge is 0.380 e. The van der Waals surface area contributed by atoms with Crippen LogP contribution >= 0.6 is 11.8 Å². The highest BCUT2D eigenvalue weighted by atomic mass is 32.2. The van der Waals surface area contributed by atoms with E-state index in [0.29, 0.717) is 37.0 Å². The number of nitrogens with zero attached hydrogens (tertiary/aromatic N) is 3. The van der Waals surface area contributed by atoms with Gasteiger partial charge in [-0.15, -0.1) is 11.8 Å². The number of nitrogens with one attached hydrogen (secondary N) is 3. The van der Waals surface area contributed by atoms with Crippen molar-refractivity contribution in [2.24, 2.45) is 0 Å². The quantitative estimate of drug-likeness (QED) is 0.0823. The molecule has 3 unspecified atom stereocenters. The number of hydrogen-bond acceptors (Lipinski definition) is 13. The van der Waals surface area contributed by atoms with Gasteiger partial charge in [-0.1, -0.05) is 42.5 Å². The van der Waals surface area contributed by atoms with Gasteiger partial charge in [0.15, 0.2) is 0 Å². The highest BCUT2D eigenvalue weighted by Crippen LogP contribution is 2.38. The molecule has 5 amide bonds. The van der Waals surface area contributed by atoms with Crippen LogP contribution < -0.4 is 15.4 Å².